The van der Waals surface area contributed by atoms with Crippen molar-refractivity contribution in [3.05, 3.63) is 45.8 Å². The summed E-state index contributed by atoms with van der Waals surface area (Å²) in [7, 11) is 3.58. The molecule has 2 aromatic rings. The predicted octanol–water partition coefficient (Wildman–Crippen LogP) is 4.44. The van der Waals surface area contributed by atoms with E-state index in [1.54, 1.807) is 37.2 Å². The Bertz CT molecular complexity index is 674. The second-order valence-electron chi connectivity index (χ2n) is 4.52. The van der Waals surface area contributed by atoms with Crippen molar-refractivity contribution < 1.29 is 4.39 Å². The van der Waals surface area contributed by atoms with Crippen molar-refractivity contribution in [3.63, 3.8) is 0 Å². The Morgan fingerprint density at radius 3 is 2.64 bits per heavy atom. The zero-order valence-corrected chi connectivity index (χ0v) is 14.3. The molecule has 1 aromatic carbocycles. The summed E-state index contributed by atoms with van der Waals surface area (Å²) in [6.07, 6.45) is 2.58. The van der Waals surface area contributed by atoms with Crippen LogP contribution in [0.3, 0.4) is 0 Å². The van der Waals surface area contributed by atoms with Crippen LogP contribution in [0.1, 0.15) is 5.56 Å². The lowest BCUT2D eigenvalue weighted by Crippen LogP contribution is -2.07. The van der Waals surface area contributed by atoms with Crippen LogP contribution in [0.25, 0.3) is 0 Å². The fourth-order valence-electron chi connectivity index (χ4n) is 1.48. The minimum Gasteiger partial charge on any atom is -0.369 e. The Hall–Kier alpha value is -1.37. The van der Waals surface area contributed by atoms with E-state index in [9.17, 15) is 4.39 Å². The molecule has 0 unspecified atom stereocenters. The first-order valence-corrected chi connectivity index (χ1v) is 8.00. The highest BCUT2D eigenvalue weighted by Crippen LogP contribution is 2.30. The Morgan fingerprint density at radius 1 is 1.32 bits per heavy atom. The average Bonchev–Trinajstić information content (AvgIpc) is 2.46. The van der Waals surface area contributed by atoms with Crippen LogP contribution in [0.5, 0.6) is 0 Å². The van der Waals surface area contributed by atoms with E-state index in [0.717, 1.165) is 11.8 Å². The van der Waals surface area contributed by atoms with E-state index in [0.29, 0.717) is 21.0 Å². The minimum atomic E-state index is -0.571. The normalized spacial score (nSPS) is 11.1. The number of nitrogens with zero attached hydrogens (tertiary/aromatic N) is 4. The molecule has 116 valence electrons. The third-order valence-corrected chi connectivity index (χ3v) is 4.12. The molecule has 4 nitrogen and oxygen atoms in total. The number of halogens is 3. The van der Waals surface area contributed by atoms with Gasteiger partial charge in [-0.25, -0.2) is 14.4 Å². The highest BCUT2D eigenvalue weighted by atomic mass is 35.5. The molecule has 8 heteroatoms. The second kappa shape index (κ2) is 7.76. The summed E-state index contributed by atoms with van der Waals surface area (Å²) in [5.74, 6) is -0.0873. The van der Waals surface area contributed by atoms with Crippen LogP contribution < -0.4 is 0 Å². The lowest BCUT2D eigenvalue weighted by molar-refractivity contribution is 0.605. The molecule has 0 N–H and O–H groups in total. The van der Waals surface area contributed by atoms with E-state index >= 15 is 0 Å². The summed E-state index contributed by atoms with van der Waals surface area (Å²) in [6, 6.07) is 5.31. The number of benzene rings is 1. The van der Waals surface area contributed by atoms with Gasteiger partial charge in [0.15, 0.2) is 16.8 Å². The van der Waals surface area contributed by atoms with Gasteiger partial charge >= 0.3 is 0 Å². The molecule has 1 aromatic heterocycles. The van der Waals surface area contributed by atoms with Gasteiger partial charge in [0.25, 0.3) is 0 Å². The smallest absolute Gasteiger partial charge is 0.194 e. The summed E-state index contributed by atoms with van der Waals surface area (Å²) in [6.45, 7) is 0. The van der Waals surface area contributed by atoms with Gasteiger partial charge in [0.05, 0.1) is 12.5 Å². The SMILES string of the molecule is CN(C)C=Nc1nc(SCc2c(Cl)cccc2Cl)ncc1F. The number of thioether (sulfide) groups is 1. The Balaban J connectivity index is 2.15. The summed E-state index contributed by atoms with van der Waals surface area (Å²) >= 11 is 13.5. The topological polar surface area (TPSA) is 41.4 Å². The predicted molar refractivity (Wildman–Crippen MR) is 89.9 cm³/mol. The van der Waals surface area contributed by atoms with Crippen LogP contribution in [0, 0.1) is 5.82 Å². The van der Waals surface area contributed by atoms with E-state index in [1.165, 1.54) is 18.1 Å². The molecule has 1 heterocycles. The fourth-order valence-corrected chi connectivity index (χ4v) is 3.03. The van der Waals surface area contributed by atoms with E-state index < -0.39 is 5.82 Å². The number of hydrogen-bond donors (Lipinski definition) is 0. The molecule has 0 fully saturated rings. The Kier molecular flexibility index (Phi) is 5.99. The van der Waals surface area contributed by atoms with E-state index in [2.05, 4.69) is 15.0 Å². The summed E-state index contributed by atoms with van der Waals surface area (Å²) in [5.41, 5.74) is 0.794. The maximum atomic E-state index is 13.6. The molecule has 2 rings (SSSR count). The van der Waals surface area contributed by atoms with Crippen LogP contribution in [0.2, 0.25) is 10.0 Å². The van der Waals surface area contributed by atoms with Gasteiger partial charge in [0.2, 0.25) is 0 Å². The van der Waals surface area contributed by atoms with E-state index in [1.807, 2.05) is 0 Å². The first kappa shape index (κ1) is 17.0. The van der Waals surface area contributed by atoms with Crippen LogP contribution >= 0.6 is 35.0 Å². The molecule has 0 saturated carbocycles. The Morgan fingerprint density at radius 2 is 2.00 bits per heavy atom. The quantitative estimate of drug-likeness (QED) is 0.343. The number of rotatable bonds is 5. The molecule has 0 spiro atoms. The Labute approximate surface area is 142 Å². The number of aromatic nitrogens is 2. The van der Waals surface area contributed by atoms with Crippen molar-refractivity contribution in [3.8, 4) is 0 Å². The van der Waals surface area contributed by atoms with Crippen molar-refractivity contribution >= 4 is 47.1 Å². The maximum Gasteiger partial charge on any atom is 0.194 e. The monoisotopic (exact) mass is 358 g/mol. The van der Waals surface area contributed by atoms with Gasteiger partial charge in [-0.3, -0.25) is 0 Å². The first-order valence-electron chi connectivity index (χ1n) is 6.26. The van der Waals surface area contributed by atoms with Gasteiger partial charge in [-0.05, 0) is 17.7 Å². The van der Waals surface area contributed by atoms with Gasteiger partial charge < -0.3 is 4.90 Å². The maximum absolute atomic E-state index is 13.6. The molecule has 0 aliphatic heterocycles. The lowest BCUT2D eigenvalue weighted by atomic mass is 10.2. The molecule has 0 aliphatic rings. The highest BCUT2D eigenvalue weighted by Gasteiger charge is 2.10. The summed E-state index contributed by atoms with van der Waals surface area (Å²) < 4.78 is 13.6. The van der Waals surface area contributed by atoms with Gasteiger partial charge in [-0.2, -0.15) is 4.98 Å². The number of aliphatic imine (C=N–C) groups is 1. The van der Waals surface area contributed by atoms with Crippen molar-refractivity contribution in [2.45, 2.75) is 10.9 Å². The average molecular weight is 359 g/mol. The molecule has 0 amide bonds. The molecule has 0 saturated heterocycles. The molecule has 0 radical (unpaired) electrons. The summed E-state index contributed by atoms with van der Waals surface area (Å²) in [4.78, 5) is 13.7. The van der Waals surface area contributed by atoms with Crippen LogP contribution in [-0.2, 0) is 5.75 Å². The molecule has 0 bridgehead atoms. The zero-order valence-electron chi connectivity index (χ0n) is 11.9. The first-order chi connectivity index (χ1) is 10.5. The van der Waals surface area contributed by atoms with Gasteiger partial charge in [-0.1, -0.05) is 41.0 Å². The minimum absolute atomic E-state index is 0.00328. The van der Waals surface area contributed by atoms with E-state index in [-0.39, 0.29) is 5.82 Å². The van der Waals surface area contributed by atoms with Crippen LogP contribution in [0.4, 0.5) is 10.2 Å². The number of hydrogen-bond acceptors (Lipinski definition) is 4. The van der Waals surface area contributed by atoms with Gasteiger partial charge in [0, 0.05) is 29.9 Å². The highest BCUT2D eigenvalue weighted by molar-refractivity contribution is 7.98. The zero-order chi connectivity index (χ0) is 16.1. The summed E-state index contributed by atoms with van der Waals surface area (Å²) in [5, 5.41) is 1.56. The van der Waals surface area contributed by atoms with Gasteiger partial charge in [-0.15, -0.1) is 0 Å². The third kappa shape index (κ3) is 4.56. The van der Waals surface area contributed by atoms with Gasteiger partial charge in [0.1, 0.15) is 0 Å². The molecular weight excluding hydrogens is 346 g/mol. The second-order valence-corrected chi connectivity index (χ2v) is 6.28. The molecular formula is C14H13Cl2FN4S. The van der Waals surface area contributed by atoms with Crippen molar-refractivity contribution in [1.29, 1.82) is 0 Å². The molecule has 22 heavy (non-hydrogen) atoms. The largest absolute Gasteiger partial charge is 0.369 e. The van der Waals surface area contributed by atoms with Crippen molar-refractivity contribution in [2.24, 2.45) is 4.99 Å². The third-order valence-electron chi connectivity index (χ3n) is 2.52. The van der Waals surface area contributed by atoms with Crippen molar-refractivity contribution in [2.75, 3.05) is 14.1 Å². The standard InChI is InChI=1S/C14H13Cl2FN4S/c1-21(2)8-19-13-12(17)6-18-14(20-13)22-7-9-10(15)4-3-5-11(9)16/h3-6,8H,7H2,1-2H3. The molecule has 0 aliphatic carbocycles. The fraction of sp³-hybridized carbons (Fsp3) is 0.214. The van der Waals surface area contributed by atoms with E-state index in [4.69, 9.17) is 23.2 Å². The van der Waals surface area contributed by atoms with Crippen molar-refractivity contribution in [1.82, 2.24) is 14.9 Å². The van der Waals surface area contributed by atoms with Crippen LogP contribution in [-0.4, -0.2) is 35.3 Å². The molecule has 0 atom stereocenters. The van der Waals surface area contributed by atoms with Crippen LogP contribution in [0.15, 0.2) is 34.5 Å². The lowest BCUT2D eigenvalue weighted by Gasteiger charge is -2.06.